The van der Waals surface area contributed by atoms with Crippen LogP contribution in [0.5, 0.6) is 0 Å². The summed E-state index contributed by atoms with van der Waals surface area (Å²) in [7, 11) is 0. The molecule has 2 amide bonds. The average molecular weight is 567 g/mol. The van der Waals surface area contributed by atoms with Crippen molar-refractivity contribution in [3.05, 3.63) is 46.1 Å². The Labute approximate surface area is 214 Å². The molecule has 3 rings (SSSR count). The highest BCUT2D eigenvalue weighted by atomic mass is 79.9. The summed E-state index contributed by atoms with van der Waals surface area (Å²) in [5.74, 6) is -2.61. The van der Waals surface area contributed by atoms with Gasteiger partial charge in [0.25, 0.3) is 0 Å². The molecule has 0 saturated carbocycles. The molecule has 0 saturated heterocycles. The summed E-state index contributed by atoms with van der Waals surface area (Å²) in [5, 5.41) is 11.3. The van der Waals surface area contributed by atoms with Gasteiger partial charge in [0, 0.05) is 10.7 Å². The van der Waals surface area contributed by atoms with Gasteiger partial charge in [0.1, 0.15) is 16.9 Å². The minimum atomic E-state index is -1.18. The van der Waals surface area contributed by atoms with E-state index < -0.39 is 35.0 Å². The van der Waals surface area contributed by atoms with Gasteiger partial charge in [-0.15, -0.1) is 5.10 Å². The molecule has 10 nitrogen and oxygen atoms in total. The number of rotatable bonds is 3. The fraction of sp³-hybridized carbons (Fsp3) is 0.391. The van der Waals surface area contributed by atoms with Crippen LogP contribution in [0.1, 0.15) is 47.1 Å². The Morgan fingerprint density at radius 3 is 2.14 bits per heavy atom. The van der Waals surface area contributed by atoms with Gasteiger partial charge in [-0.1, -0.05) is 6.07 Å². The first-order chi connectivity index (χ1) is 16.6. The molecular formula is C23H25BrF2N6O4. The van der Waals surface area contributed by atoms with Gasteiger partial charge in [0.05, 0.1) is 5.56 Å². The number of anilines is 1. The second-order valence-electron chi connectivity index (χ2n) is 9.76. The number of hydrogen-bond donors (Lipinski definition) is 0. The fourth-order valence-electron chi connectivity index (χ4n) is 2.95. The molecule has 0 N–H and O–H groups in total. The Kier molecular flexibility index (Phi) is 7.44. The maximum absolute atomic E-state index is 14.8. The van der Waals surface area contributed by atoms with Crippen molar-refractivity contribution >= 4 is 33.9 Å². The zero-order chi connectivity index (χ0) is 27.0. The maximum Gasteiger partial charge on any atom is 0.425 e. The van der Waals surface area contributed by atoms with E-state index in [9.17, 15) is 18.4 Å². The molecule has 2 aromatic heterocycles. The molecular weight excluding hydrogens is 542 g/mol. The number of carbonyl (C=O) groups excluding carboxylic acids is 2. The maximum atomic E-state index is 14.8. The van der Waals surface area contributed by atoms with Gasteiger partial charge < -0.3 is 9.47 Å². The first-order valence-electron chi connectivity index (χ1n) is 10.7. The Morgan fingerprint density at radius 2 is 1.58 bits per heavy atom. The molecule has 0 radical (unpaired) electrons. The molecule has 0 aliphatic carbocycles. The lowest BCUT2D eigenvalue weighted by Gasteiger charge is -2.28. The van der Waals surface area contributed by atoms with Crippen molar-refractivity contribution in [3.63, 3.8) is 0 Å². The third-order valence-corrected chi connectivity index (χ3v) is 4.82. The number of nitrogens with zero attached hydrogens (tertiary/aromatic N) is 6. The zero-order valence-electron chi connectivity index (χ0n) is 20.8. The predicted octanol–water partition coefficient (Wildman–Crippen LogP) is 5.75. The highest BCUT2D eigenvalue weighted by Gasteiger charge is 2.36. The summed E-state index contributed by atoms with van der Waals surface area (Å²) in [6.45, 7) is 11.2. The van der Waals surface area contributed by atoms with E-state index in [1.165, 1.54) is 31.3 Å². The van der Waals surface area contributed by atoms with E-state index in [1.807, 2.05) is 0 Å². The van der Waals surface area contributed by atoms with Crippen LogP contribution in [0.25, 0.3) is 17.1 Å². The van der Waals surface area contributed by atoms with Gasteiger partial charge in [-0.2, -0.15) is 9.58 Å². The fourth-order valence-corrected chi connectivity index (χ4v) is 3.29. The van der Waals surface area contributed by atoms with Crippen molar-refractivity contribution < 1.29 is 27.8 Å². The number of pyridine rings is 1. The van der Waals surface area contributed by atoms with Gasteiger partial charge in [-0.25, -0.2) is 23.4 Å². The highest BCUT2D eigenvalue weighted by molar-refractivity contribution is 9.10. The number of tetrazole rings is 1. The molecule has 0 unspecified atom stereocenters. The minimum Gasteiger partial charge on any atom is -0.443 e. The third kappa shape index (κ3) is 6.01. The van der Waals surface area contributed by atoms with E-state index in [0.717, 1.165) is 4.68 Å². The standard InChI is InChI=1S/C23H25BrF2N6O4/c1-12-8-9-15(17(26)16(12)25)32-19(28-29-30-32)14-10-13(24)11-27-18(14)31(20(33)35-22(2,3)4)21(34)36-23(5,6)7/h8-11H,1-7H3. The van der Waals surface area contributed by atoms with E-state index in [1.54, 1.807) is 41.5 Å². The lowest BCUT2D eigenvalue weighted by Crippen LogP contribution is -2.44. The van der Waals surface area contributed by atoms with Crippen LogP contribution in [0.15, 0.2) is 28.9 Å². The molecule has 0 spiro atoms. The van der Waals surface area contributed by atoms with Gasteiger partial charge in [0.2, 0.25) is 0 Å². The number of benzene rings is 1. The molecule has 0 bridgehead atoms. The van der Waals surface area contributed by atoms with Crippen LogP contribution in [0.4, 0.5) is 24.2 Å². The Balaban J connectivity index is 2.24. The number of aryl methyl sites for hydroxylation is 1. The normalized spacial score (nSPS) is 11.8. The number of aromatic nitrogens is 5. The van der Waals surface area contributed by atoms with E-state index in [0.29, 0.717) is 9.37 Å². The highest BCUT2D eigenvalue weighted by Crippen LogP contribution is 2.33. The van der Waals surface area contributed by atoms with Crippen LogP contribution in [-0.2, 0) is 9.47 Å². The van der Waals surface area contributed by atoms with Crippen molar-refractivity contribution in [1.29, 1.82) is 0 Å². The lowest BCUT2D eigenvalue weighted by atomic mass is 10.2. The van der Waals surface area contributed by atoms with Gasteiger partial charge in [0.15, 0.2) is 23.3 Å². The number of amides is 2. The second-order valence-corrected chi connectivity index (χ2v) is 10.7. The van der Waals surface area contributed by atoms with Crippen molar-refractivity contribution in [2.75, 3.05) is 4.90 Å². The molecule has 2 heterocycles. The molecule has 0 aliphatic heterocycles. The van der Waals surface area contributed by atoms with Crippen LogP contribution < -0.4 is 4.90 Å². The number of carbonyl (C=O) groups is 2. The minimum absolute atomic E-state index is 0.0338. The Bertz CT molecular complexity index is 1290. The summed E-state index contributed by atoms with van der Waals surface area (Å²) in [6, 6.07) is 4.14. The van der Waals surface area contributed by atoms with Crippen molar-refractivity contribution in [1.82, 2.24) is 25.2 Å². The number of ether oxygens (including phenoxy) is 2. The second kappa shape index (κ2) is 9.88. The molecule has 192 valence electrons. The summed E-state index contributed by atoms with van der Waals surface area (Å²) < 4.78 is 41.3. The molecule has 0 aliphatic rings. The summed E-state index contributed by atoms with van der Waals surface area (Å²) in [6.07, 6.45) is -0.806. The van der Waals surface area contributed by atoms with Crippen molar-refractivity contribution in [2.24, 2.45) is 0 Å². The summed E-state index contributed by atoms with van der Waals surface area (Å²) in [5.41, 5.74) is -2.08. The number of halogens is 3. The Hall–Kier alpha value is -3.48. The Morgan fingerprint density at radius 1 is 1.00 bits per heavy atom. The zero-order valence-corrected chi connectivity index (χ0v) is 22.3. The third-order valence-electron chi connectivity index (χ3n) is 4.39. The molecule has 3 aromatic rings. The van der Waals surface area contributed by atoms with Gasteiger partial charge >= 0.3 is 12.2 Å². The predicted molar refractivity (Wildman–Crippen MR) is 130 cm³/mol. The number of hydrogen-bond acceptors (Lipinski definition) is 8. The van der Waals surface area contributed by atoms with E-state index in [-0.39, 0.29) is 28.5 Å². The van der Waals surface area contributed by atoms with E-state index >= 15 is 0 Å². The van der Waals surface area contributed by atoms with Crippen LogP contribution in [0.3, 0.4) is 0 Å². The SMILES string of the molecule is Cc1ccc(-n2nnnc2-c2cc(Br)cnc2N(C(=O)OC(C)(C)C)C(=O)OC(C)(C)C)c(F)c1F. The molecule has 36 heavy (non-hydrogen) atoms. The average Bonchev–Trinajstić information content (AvgIpc) is 3.20. The van der Waals surface area contributed by atoms with Crippen molar-refractivity contribution in [3.8, 4) is 17.1 Å². The largest absolute Gasteiger partial charge is 0.443 e. The molecule has 1 aromatic carbocycles. The topological polar surface area (TPSA) is 112 Å². The molecule has 13 heteroatoms. The van der Waals surface area contributed by atoms with Crippen LogP contribution >= 0.6 is 15.9 Å². The van der Waals surface area contributed by atoms with Crippen LogP contribution in [0, 0.1) is 18.6 Å². The smallest absolute Gasteiger partial charge is 0.425 e. The summed E-state index contributed by atoms with van der Waals surface area (Å²) in [4.78, 5) is 31.2. The van der Waals surface area contributed by atoms with Crippen LogP contribution in [0.2, 0.25) is 0 Å². The first kappa shape index (κ1) is 27.1. The van der Waals surface area contributed by atoms with Gasteiger partial charge in [-0.05, 0) is 92.5 Å². The van der Waals surface area contributed by atoms with Crippen LogP contribution in [-0.4, -0.2) is 48.6 Å². The monoisotopic (exact) mass is 566 g/mol. The molecule has 0 atom stereocenters. The van der Waals surface area contributed by atoms with E-state index in [4.69, 9.17) is 9.47 Å². The quantitative estimate of drug-likeness (QED) is 0.393. The van der Waals surface area contributed by atoms with Crippen molar-refractivity contribution in [2.45, 2.75) is 59.7 Å². The molecule has 0 fully saturated rings. The number of imide groups is 1. The lowest BCUT2D eigenvalue weighted by molar-refractivity contribution is 0.0429. The first-order valence-corrected chi connectivity index (χ1v) is 11.5. The van der Waals surface area contributed by atoms with E-state index in [2.05, 4.69) is 36.4 Å². The summed E-state index contributed by atoms with van der Waals surface area (Å²) >= 11 is 3.29. The van der Waals surface area contributed by atoms with Gasteiger partial charge in [-0.3, -0.25) is 0 Å².